The summed E-state index contributed by atoms with van der Waals surface area (Å²) in [7, 11) is 2.86. The van der Waals surface area contributed by atoms with Crippen LogP contribution in [0.15, 0.2) is 12.1 Å². The molecule has 92 valence electrons. The molecule has 0 aromatic heterocycles. The molecule has 1 aromatic rings. The van der Waals surface area contributed by atoms with Crippen LogP contribution in [0.3, 0.4) is 0 Å². The molecule has 0 aliphatic carbocycles. The lowest BCUT2D eigenvalue weighted by Gasteiger charge is -2.13. The van der Waals surface area contributed by atoms with Gasteiger partial charge < -0.3 is 14.6 Å². The Bertz CT molecular complexity index is 450. The largest absolute Gasteiger partial charge is 0.493 e. The highest BCUT2D eigenvalue weighted by atomic mass is 16.5. The van der Waals surface area contributed by atoms with Gasteiger partial charge in [-0.15, -0.1) is 0 Å². The lowest BCUT2D eigenvalue weighted by atomic mass is 10.0. The fraction of sp³-hybridized carbons (Fsp3) is 0.333. The third-order valence-corrected chi connectivity index (χ3v) is 2.24. The molecule has 0 spiro atoms. The molecule has 0 bridgehead atoms. The van der Waals surface area contributed by atoms with E-state index in [2.05, 4.69) is 0 Å². The van der Waals surface area contributed by atoms with Gasteiger partial charge in [0.15, 0.2) is 11.5 Å². The van der Waals surface area contributed by atoms with Crippen LogP contribution in [-0.4, -0.2) is 31.1 Å². The number of ether oxygens (including phenoxy) is 2. The zero-order chi connectivity index (χ0) is 13.0. The number of aromatic carboxylic acids is 1. The van der Waals surface area contributed by atoms with Crippen LogP contribution in [0.1, 0.15) is 22.8 Å². The Morgan fingerprint density at radius 2 is 1.88 bits per heavy atom. The Morgan fingerprint density at radius 1 is 1.24 bits per heavy atom. The van der Waals surface area contributed by atoms with Crippen LogP contribution < -0.4 is 9.47 Å². The minimum absolute atomic E-state index is 0.0684. The van der Waals surface area contributed by atoms with Crippen molar-refractivity contribution in [3.8, 4) is 11.5 Å². The van der Waals surface area contributed by atoms with E-state index in [0.29, 0.717) is 17.1 Å². The average molecular weight is 238 g/mol. The smallest absolute Gasteiger partial charge is 0.335 e. The van der Waals surface area contributed by atoms with Gasteiger partial charge in [0.1, 0.15) is 5.78 Å². The maximum Gasteiger partial charge on any atom is 0.335 e. The second-order valence-electron chi connectivity index (χ2n) is 3.55. The van der Waals surface area contributed by atoms with Gasteiger partial charge in [-0.1, -0.05) is 0 Å². The summed E-state index contributed by atoms with van der Waals surface area (Å²) in [5.41, 5.74) is 0.579. The molecule has 17 heavy (non-hydrogen) atoms. The van der Waals surface area contributed by atoms with Gasteiger partial charge in [-0.25, -0.2) is 4.79 Å². The van der Waals surface area contributed by atoms with Crippen LogP contribution in [0.4, 0.5) is 0 Å². The molecule has 1 aromatic carbocycles. The van der Waals surface area contributed by atoms with Gasteiger partial charge in [0, 0.05) is 12.0 Å². The molecule has 0 saturated carbocycles. The molecule has 0 atom stereocenters. The highest BCUT2D eigenvalue weighted by Crippen LogP contribution is 2.33. The molecule has 5 heteroatoms. The quantitative estimate of drug-likeness (QED) is 0.842. The highest BCUT2D eigenvalue weighted by Gasteiger charge is 2.16. The summed E-state index contributed by atoms with van der Waals surface area (Å²) in [6.45, 7) is 1.43. The maximum absolute atomic E-state index is 11.1. The van der Waals surface area contributed by atoms with Gasteiger partial charge >= 0.3 is 5.97 Å². The lowest BCUT2D eigenvalue weighted by molar-refractivity contribution is -0.116. The summed E-state index contributed by atoms with van der Waals surface area (Å²) in [4.78, 5) is 22.0. The zero-order valence-electron chi connectivity index (χ0n) is 9.94. The van der Waals surface area contributed by atoms with Gasteiger partial charge in [0.05, 0.1) is 19.8 Å². The SMILES string of the molecule is COc1cc(C(=O)O)cc(CC(C)=O)c1OC. The topological polar surface area (TPSA) is 72.8 Å². The molecule has 5 nitrogen and oxygen atoms in total. The number of carbonyl (C=O) groups is 2. The van der Waals surface area contributed by atoms with Crippen molar-refractivity contribution in [2.75, 3.05) is 14.2 Å². The Balaban J connectivity index is 3.36. The first-order chi connectivity index (χ1) is 7.99. The Labute approximate surface area is 99.0 Å². The first-order valence-corrected chi connectivity index (χ1v) is 4.97. The van der Waals surface area contributed by atoms with Gasteiger partial charge in [0.25, 0.3) is 0 Å². The average Bonchev–Trinajstić information content (AvgIpc) is 2.26. The van der Waals surface area contributed by atoms with E-state index in [-0.39, 0.29) is 17.8 Å². The molecular weight excluding hydrogens is 224 g/mol. The highest BCUT2D eigenvalue weighted by molar-refractivity contribution is 5.90. The third-order valence-electron chi connectivity index (χ3n) is 2.24. The van der Waals surface area contributed by atoms with Crippen LogP contribution in [0.2, 0.25) is 0 Å². The summed E-state index contributed by atoms with van der Waals surface area (Å²) in [6.07, 6.45) is 0.112. The molecule has 0 aliphatic rings. The number of ketones is 1. The second kappa shape index (κ2) is 5.34. The maximum atomic E-state index is 11.1. The van der Waals surface area contributed by atoms with Crippen LogP contribution in [0.25, 0.3) is 0 Å². The summed E-state index contributed by atoms with van der Waals surface area (Å²) in [5.74, 6) is -0.444. The Morgan fingerprint density at radius 3 is 2.29 bits per heavy atom. The van der Waals surface area contributed by atoms with Crippen molar-refractivity contribution in [3.63, 3.8) is 0 Å². The Hall–Kier alpha value is -2.04. The molecule has 0 aliphatic heterocycles. The van der Waals surface area contributed by atoms with Crippen LogP contribution in [0.5, 0.6) is 11.5 Å². The lowest BCUT2D eigenvalue weighted by Crippen LogP contribution is -2.05. The first kappa shape index (κ1) is 13.0. The van der Waals surface area contributed by atoms with Crippen molar-refractivity contribution in [2.45, 2.75) is 13.3 Å². The molecule has 0 fully saturated rings. The van der Waals surface area contributed by atoms with Crippen molar-refractivity contribution in [3.05, 3.63) is 23.3 Å². The van der Waals surface area contributed by atoms with E-state index >= 15 is 0 Å². The first-order valence-electron chi connectivity index (χ1n) is 4.97. The second-order valence-corrected chi connectivity index (χ2v) is 3.55. The minimum Gasteiger partial charge on any atom is -0.493 e. The molecule has 0 heterocycles. The normalized spacial score (nSPS) is 9.82. The zero-order valence-corrected chi connectivity index (χ0v) is 9.94. The van der Waals surface area contributed by atoms with E-state index in [0.717, 1.165) is 0 Å². The van der Waals surface area contributed by atoms with Crippen molar-refractivity contribution in [1.29, 1.82) is 0 Å². The summed E-state index contributed by atoms with van der Waals surface area (Å²) >= 11 is 0. The van der Waals surface area contributed by atoms with E-state index in [1.165, 1.54) is 33.3 Å². The van der Waals surface area contributed by atoms with Crippen molar-refractivity contribution in [1.82, 2.24) is 0 Å². The van der Waals surface area contributed by atoms with Crippen molar-refractivity contribution >= 4 is 11.8 Å². The number of rotatable bonds is 5. The third kappa shape index (κ3) is 2.96. The summed E-state index contributed by atoms with van der Waals surface area (Å²) < 4.78 is 10.2. The predicted molar refractivity (Wildman–Crippen MR) is 60.9 cm³/mol. The molecule has 0 saturated heterocycles. The molecule has 0 amide bonds. The molecule has 0 unspecified atom stereocenters. The van der Waals surface area contributed by atoms with Gasteiger partial charge in [-0.2, -0.15) is 0 Å². The fourth-order valence-corrected chi connectivity index (χ4v) is 1.57. The number of hydrogen-bond acceptors (Lipinski definition) is 4. The monoisotopic (exact) mass is 238 g/mol. The molecule has 0 radical (unpaired) electrons. The fourth-order valence-electron chi connectivity index (χ4n) is 1.57. The molecule has 1 N–H and O–H groups in total. The van der Waals surface area contributed by atoms with Crippen LogP contribution in [-0.2, 0) is 11.2 Å². The standard InChI is InChI=1S/C12H14O5/c1-7(13)4-8-5-9(12(14)15)6-10(16-2)11(8)17-3/h5-6H,4H2,1-3H3,(H,14,15). The Kier molecular flexibility index (Phi) is 4.09. The van der Waals surface area contributed by atoms with Gasteiger partial charge in [0.2, 0.25) is 0 Å². The van der Waals surface area contributed by atoms with Gasteiger partial charge in [-0.3, -0.25) is 4.79 Å². The number of carboxylic acids is 1. The summed E-state index contributed by atoms with van der Waals surface area (Å²) in [6, 6.07) is 2.79. The number of hydrogen-bond donors (Lipinski definition) is 1. The predicted octanol–water partition coefficient (Wildman–Crippen LogP) is 1.53. The van der Waals surface area contributed by atoms with Crippen molar-refractivity contribution < 1.29 is 24.2 Å². The van der Waals surface area contributed by atoms with E-state index < -0.39 is 5.97 Å². The number of benzene rings is 1. The van der Waals surface area contributed by atoms with E-state index in [1.54, 1.807) is 0 Å². The number of Topliss-reactive ketones (excluding diaryl/α,β-unsaturated/α-hetero) is 1. The van der Waals surface area contributed by atoms with Crippen molar-refractivity contribution in [2.24, 2.45) is 0 Å². The molecular formula is C12H14O5. The van der Waals surface area contributed by atoms with Crippen LogP contribution >= 0.6 is 0 Å². The van der Waals surface area contributed by atoms with E-state index in [4.69, 9.17) is 14.6 Å². The molecule has 1 rings (SSSR count). The number of carbonyl (C=O) groups excluding carboxylic acids is 1. The van der Waals surface area contributed by atoms with E-state index in [9.17, 15) is 9.59 Å². The van der Waals surface area contributed by atoms with Gasteiger partial charge in [-0.05, 0) is 19.1 Å². The minimum atomic E-state index is -1.07. The van der Waals surface area contributed by atoms with Crippen LogP contribution in [0, 0.1) is 0 Å². The van der Waals surface area contributed by atoms with E-state index in [1.807, 2.05) is 0 Å². The summed E-state index contributed by atoms with van der Waals surface area (Å²) in [5, 5.41) is 8.95. The number of carboxylic acid groups (broad SMARTS) is 1. The number of methoxy groups -OCH3 is 2.